The normalized spacial score (nSPS) is 23.8. The summed E-state index contributed by atoms with van der Waals surface area (Å²) in [6.07, 6.45) is 1.85. The maximum Gasteiger partial charge on any atom is 0.287 e. The third kappa shape index (κ3) is 4.13. The number of nitrogens with zero attached hydrogens (tertiary/aromatic N) is 1. The molecule has 3 heterocycles. The second-order valence-corrected chi connectivity index (χ2v) is 6.17. The lowest BCUT2D eigenvalue weighted by Crippen LogP contribution is -2.52. The Hall–Kier alpha value is -1.37. The molecular formula is C17H26N2O4. The Kier molecular flexibility index (Phi) is 5.70. The number of hydrogen-bond acceptors (Lipinski definition) is 5. The van der Waals surface area contributed by atoms with Crippen LogP contribution in [0.4, 0.5) is 0 Å². The predicted molar refractivity (Wildman–Crippen MR) is 85.5 cm³/mol. The van der Waals surface area contributed by atoms with Crippen LogP contribution in [0.5, 0.6) is 0 Å². The second-order valence-electron chi connectivity index (χ2n) is 6.17. The van der Waals surface area contributed by atoms with Gasteiger partial charge in [0.25, 0.3) is 5.91 Å². The molecule has 2 fully saturated rings. The van der Waals surface area contributed by atoms with Crippen molar-refractivity contribution in [3.8, 4) is 0 Å². The number of amides is 1. The van der Waals surface area contributed by atoms with Gasteiger partial charge in [0.15, 0.2) is 5.76 Å². The van der Waals surface area contributed by atoms with E-state index in [4.69, 9.17) is 13.9 Å². The summed E-state index contributed by atoms with van der Waals surface area (Å²) in [5.74, 6) is 1.56. The summed E-state index contributed by atoms with van der Waals surface area (Å²) in [6.45, 7) is 7.57. The van der Waals surface area contributed by atoms with Gasteiger partial charge >= 0.3 is 0 Å². The van der Waals surface area contributed by atoms with Crippen LogP contribution in [0.3, 0.4) is 0 Å². The Labute approximate surface area is 137 Å². The fourth-order valence-corrected chi connectivity index (χ4v) is 3.33. The van der Waals surface area contributed by atoms with Crippen LogP contribution >= 0.6 is 0 Å². The Bertz CT molecular complexity index is 504. The van der Waals surface area contributed by atoms with Crippen molar-refractivity contribution in [2.75, 3.05) is 46.1 Å². The Morgan fingerprint density at radius 1 is 1.30 bits per heavy atom. The molecule has 1 amide bonds. The molecule has 1 aromatic rings. The van der Waals surface area contributed by atoms with Crippen molar-refractivity contribution in [2.45, 2.75) is 25.8 Å². The van der Waals surface area contributed by atoms with Gasteiger partial charge in [-0.1, -0.05) is 6.92 Å². The number of aryl methyl sites for hydroxylation is 1. The van der Waals surface area contributed by atoms with Gasteiger partial charge in [-0.25, -0.2) is 0 Å². The van der Waals surface area contributed by atoms with Gasteiger partial charge in [0.05, 0.1) is 19.8 Å². The van der Waals surface area contributed by atoms with Crippen molar-refractivity contribution in [2.24, 2.45) is 5.92 Å². The highest BCUT2D eigenvalue weighted by molar-refractivity contribution is 5.91. The van der Waals surface area contributed by atoms with Crippen molar-refractivity contribution in [1.29, 1.82) is 0 Å². The van der Waals surface area contributed by atoms with Crippen LogP contribution < -0.4 is 5.32 Å². The van der Waals surface area contributed by atoms with Gasteiger partial charge in [-0.15, -0.1) is 0 Å². The zero-order valence-corrected chi connectivity index (χ0v) is 13.8. The molecule has 0 saturated carbocycles. The van der Waals surface area contributed by atoms with Gasteiger partial charge in [0.2, 0.25) is 0 Å². The zero-order valence-electron chi connectivity index (χ0n) is 13.8. The number of hydrogen-bond donors (Lipinski definition) is 1. The Morgan fingerprint density at radius 3 is 2.78 bits per heavy atom. The third-order valence-corrected chi connectivity index (χ3v) is 4.73. The molecule has 0 unspecified atom stereocenters. The van der Waals surface area contributed by atoms with Crippen molar-refractivity contribution >= 4 is 5.91 Å². The fraction of sp³-hybridized carbons (Fsp3) is 0.706. The van der Waals surface area contributed by atoms with Crippen LogP contribution in [0.15, 0.2) is 16.5 Å². The topological polar surface area (TPSA) is 63.9 Å². The quantitative estimate of drug-likeness (QED) is 0.855. The summed E-state index contributed by atoms with van der Waals surface area (Å²) >= 11 is 0. The van der Waals surface area contributed by atoms with E-state index in [-0.39, 0.29) is 5.91 Å². The van der Waals surface area contributed by atoms with E-state index < -0.39 is 0 Å². The molecule has 128 valence electrons. The molecule has 3 rings (SSSR count). The SMILES string of the molecule is CCc1ccc(C(=O)NC[C@@H]([C@@H]2CCOC2)N2CCOCC2)o1. The van der Waals surface area contributed by atoms with E-state index in [2.05, 4.69) is 10.2 Å². The van der Waals surface area contributed by atoms with E-state index in [0.29, 0.717) is 24.3 Å². The Balaban J connectivity index is 1.59. The number of morpholine rings is 1. The Morgan fingerprint density at radius 2 is 2.13 bits per heavy atom. The highest BCUT2D eigenvalue weighted by atomic mass is 16.5. The maximum atomic E-state index is 12.3. The monoisotopic (exact) mass is 322 g/mol. The molecule has 23 heavy (non-hydrogen) atoms. The minimum absolute atomic E-state index is 0.137. The van der Waals surface area contributed by atoms with Crippen LogP contribution in [-0.2, 0) is 15.9 Å². The van der Waals surface area contributed by atoms with Crippen molar-refractivity contribution in [3.05, 3.63) is 23.7 Å². The van der Waals surface area contributed by atoms with Gasteiger partial charge in [0, 0.05) is 44.6 Å². The van der Waals surface area contributed by atoms with Gasteiger partial charge in [0.1, 0.15) is 5.76 Å². The fourth-order valence-electron chi connectivity index (χ4n) is 3.33. The maximum absolute atomic E-state index is 12.3. The predicted octanol–water partition coefficient (Wildman–Crippen LogP) is 1.31. The zero-order chi connectivity index (χ0) is 16.1. The molecule has 6 nitrogen and oxygen atoms in total. The average Bonchev–Trinajstić information content (AvgIpc) is 3.27. The molecule has 0 aromatic carbocycles. The summed E-state index contributed by atoms with van der Waals surface area (Å²) in [6, 6.07) is 3.90. The number of ether oxygens (including phenoxy) is 2. The number of carbonyl (C=O) groups is 1. The molecule has 2 aliphatic heterocycles. The van der Waals surface area contributed by atoms with Crippen molar-refractivity contribution in [3.63, 3.8) is 0 Å². The molecule has 0 aliphatic carbocycles. The summed E-state index contributed by atoms with van der Waals surface area (Å²) in [5, 5.41) is 3.04. The first kappa shape index (κ1) is 16.5. The first-order valence-electron chi connectivity index (χ1n) is 8.54. The largest absolute Gasteiger partial charge is 0.456 e. The summed E-state index contributed by atoms with van der Waals surface area (Å²) in [5.41, 5.74) is 0. The molecule has 1 aromatic heterocycles. The second kappa shape index (κ2) is 7.95. The summed E-state index contributed by atoms with van der Waals surface area (Å²) in [4.78, 5) is 14.7. The lowest BCUT2D eigenvalue weighted by Gasteiger charge is -2.37. The van der Waals surface area contributed by atoms with Crippen LogP contribution in [0, 0.1) is 5.92 Å². The molecule has 2 saturated heterocycles. The highest BCUT2D eigenvalue weighted by Gasteiger charge is 2.32. The molecule has 0 bridgehead atoms. The molecule has 2 aliphatic rings. The minimum atomic E-state index is -0.137. The van der Waals surface area contributed by atoms with Crippen LogP contribution in [0.25, 0.3) is 0 Å². The number of nitrogens with one attached hydrogen (secondary N) is 1. The van der Waals surface area contributed by atoms with Gasteiger partial charge < -0.3 is 19.2 Å². The lowest BCUT2D eigenvalue weighted by molar-refractivity contribution is 0.00159. The first-order chi connectivity index (χ1) is 11.3. The van der Waals surface area contributed by atoms with E-state index in [0.717, 1.165) is 58.1 Å². The number of rotatable bonds is 6. The summed E-state index contributed by atoms with van der Waals surface area (Å²) in [7, 11) is 0. The molecule has 0 radical (unpaired) electrons. The first-order valence-corrected chi connectivity index (χ1v) is 8.54. The highest BCUT2D eigenvalue weighted by Crippen LogP contribution is 2.22. The van der Waals surface area contributed by atoms with Crippen molar-refractivity contribution < 1.29 is 18.7 Å². The lowest BCUT2D eigenvalue weighted by atomic mass is 9.97. The van der Waals surface area contributed by atoms with E-state index in [1.807, 2.05) is 13.0 Å². The van der Waals surface area contributed by atoms with E-state index in [9.17, 15) is 4.79 Å². The van der Waals surface area contributed by atoms with E-state index in [1.54, 1.807) is 6.07 Å². The van der Waals surface area contributed by atoms with Gasteiger partial charge in [-0.2, -0.15) is 0 Å². The standard InChI is InChI=1S/C17H26N2O4/c1-2-14-3-4-16(23-14)17(20)18-11-15(13-5-8-22-12-13)19-6-9-21-10-7-19/h3-4,13,15H,2,5-12H2,1H3,(H,18,20)/t13-,15+/m1/s1. The van der Waals surface area contributed by atoms with Gasteiger partial charge in [-0.05, 0) is 18.6 Å². The number of carbonyl (C=O) groups excluding carboxylic acids is 1. The van der Waals surface area contributed by atoms with E-state index in [1.165, 1.54) is 0 Å². The van der Waals surface area contributed by atoms with Crippen LogP contribution in [0.2, 0.25) is 0 Å². The number of furan rings is 1. The average molecular weight is 322 g/mol. The molecular weight excluding hydrogens is 296 g/mol. The van der Waals surface area contributed by atoms with E-state index >= 15 is 0 Å². The smallest absolute Gasteiger partial charge is 0.287 e. The minimum Gasteiger partial charge on any atom is -0.456 e. The van der Waals surface area contributed by atoms with Crippen LogP contribution in [-0.4, -0.2) is 62.9 Å². The molecule has 2 atom stereocenters. The molecule has 1 N–H and O–H groups in total. The molecule has 0 spiro atoms. The summed E-state index contributed by atoms with van der Waals surface area (Å²) < 4.78 is 16.5. The molecule has 6 heteroatoms. The van der Waals surface area contributed by atoms with Gasteiger partial charge in [-0.3, -0.25) is 9.69 Å². The van der Waals surface area contributed by atoms with Crippen LogP contribution in [0.1, 0.15) is 29.7 Å². The van der Waals surface area contributed by atoms with Crippen molar-refractivity contribution in [1.82, 2.24) is 10.2 Å². The third-order valence-electron chi connectivity index (χ3n) is 4.73.